The maximum absolute atomic E-state index is 12.9. The summed E-state index contributed by atoms with van der Waals surface area (Å²) < 4.78 is 49.7. The Hall–Kier alpha value is -1.81. The number of fused-ring (bicyclic) bond motifs is 2. The van der Waals surface area contributed by atoms with Gasteiger partial charge in [-0.2, -0.15) is 0 Å². The molecule has 2 aliphatic rings. The predicted molar refractivity (Wildman–Crippen MR) is 110 cm³/mol. The van der Waals surface area contributed by atoms with E-state index >= 15 is 0 Å². The van der Waals surface area contributed by atoms with Crippen LogP contribution in [0.4, 0.5) is 10.5 Å². The SMILES string of the molecule is [2H]C1([2H])CCc2c1cc1c(c2NC(=O)N=[S@@](N)(=O)c2cnc(C(C)(C)O)s2)CCC1([2H])[2H]. The molecule has 1 heterocycles. The molecule has 0 saturated carbocycles. The van der Waals surface area contributed by atoms with Gasteiger partial charge in [0.25, 0.3) is 0 Å². The van der Waals surface area contributed by atoms with Crippen molar-refractivity contribution < 1.29 is 19.6 Å². The molecule has 4 N–H and O–H groups in total. The van der Waals surface area contributed by atoms with Crippen molar-refractivity contribution in [2.45, 2.75) is 62.1 Å². The van der Waals surface area contributed by atoms with Crippen molar-refractivity contribution in [2.24, 2.45) is 9.50 Å². The first-order valence-corrected chi connectivity index (χ1v) is 11.3. The molecule has 28 heavy (non-hydrogen) atoms. The smallest absolute Gasteiger partial charge is 0.354 e. The van der Waals surface area contributed by atoms with Gasteiger partial charge in [0.15, 0.2) is 9.92 Å². The van der Waals surface area contributed by atoms with Crippen LogP contribution in [-0.4, -0.2) is 20.3 Å². The number of nitrogens with zero attached hydrogens (tertiary/aromatic N) is 2. The Morgan fingerprint density at radius 2 is 1.96 bits per heavy atom. The van der Waals surface area contributed by atoms with E-state index < -0.39 is 34.3 Å². The Balaban J connectivity index is 1.73. The molecule has 4 rings (SSSR count). The highest BCUT2D eigenvalue weighted by Crippen LogP contribution is 2.38. The Kier molecular flexibility index (Phi) is 3.72. The molecule has 2 aromatic rings. The molecule has 0 bridgehead atoms. The van der Waals surface area contributed by atoms with Crippen molar-refractivity contribution in [2.75, 3.05) is 5.32 Å². The molecule has 9 heteroatoms. The van der Waals surface area contributed by atoms with Crippen LogP contribution in [0.5, 0.6) is 0 Å². The minimum Gasteiger partial charge on any atom is -0.383 e. The summed E-state index contributed by atoms with van der Waals surface area (Å²) in [6, 6.07) is 0.616. The lowest BCUT2D eigenvalue weighted by Crippen LogP contribution is -2.18. The number of aliphatic hydroxyl groups is 1. The summed E-state index contributed by atoms with van der Waals surface area (Å²) in [5, 5.41) is 18.8. The number of thiazole rings is 1. The van der Waals surface area contributed by atoms with Gasteiger partial charge in [0.2, 0.25) is 0 Å². The van der Waals surface area contributed by atoms with Crippen molar-refractivity contribution in [3.8, 4) is 0 Å². The number of benzene rings is 1. The van der Waals surface area contributed by atoms with Crippen molar-refractivity contribution in [3.63, 3.8) is 0 Å². The third-order valence-corrected chi connectivity index (χ3v) is 7.86. The number of hydrogen-bond acceptors (Lipinski definition) is 5. The molecule has 1 aromatic carbocycles. The maximum atomic E-state index is 12.9. The van der Waals surface area contributed by atoms with Crippen LogP contribution >= 0.6 is 11.3 Å². The molecular formula is C19H24N4O3S2. The molecule has 0 aliphatic heterocycles. The Morgan fingerprint density at radius 3 is 2.50 bits per heavy atom. The van der Waals surface area contributed by atoms with Gasteiger partial charge in [-0.15, -0.1) is 15.7 Å². The summed E-state index contributed by atoms with van der Waals surface area (Å²) in [7, 11) is -3.63. The summed E-state index contributed by atoms with van der Waals surface area (Å²) in [4.78, 5) is 16.7. The number of nitrogens with two attached hydrogens (primary N) is 1. The van der Waals surface area contributed by atoms with Crippen LogP contribution in [0.15, 0.2) is 20.8 Å². The zero-order valence-electron chi connectivity index (χ0n) is 19.5. The van der Waals surface area contributed by atoms with E-state index in [1.54, 1.807) is 6.07 Å². The van der Waals surface area contributed by atoms with Gasteiger partial charge in [0.1, 0.15) is 14.8 Å². The average Bonchev–Trinajstić information content (AvgIpc) is 3.32. The van der Waals surface area contributed by atoms with E-state index in [1.807, 2.05) is 0 Å². The largest absolute Gasteiger partial charge is 0.383 e. The molecule has 0 spiro atoms. The summed E-state index contributed by atoms with van der Waals surface area (Å²) >= 11 is 0.900. The van der Waals surface area contributed by atoms with Gasteiger partial charge in [0, 0.05) is 11.2 Å². The fourth-order valence-corrected chi connectivity index (χ4v) is 5.44. The van der Waals surface area contributed by atoms with E-state index in [2.05, 4.69) is 14.7 Å². The normalized spacial score (nSPS) is 23.4. The molecule has 0 fully saturated rings. The quantitative estimate of drug-likeness (QED) is 0.701. The number of amides is 2. The van der Waals surface area contributed by atoms with Crippen molar-refractivity contribution in [1.82, 2.24) is 4.98 Å². The molecule has 7 nitrogen and oxygen atoms in total. The Morgan fingerprint density at radius 1 is 1.36 bits per heavy atom. The second kappa shape index (κ2) is 6.91. The Labute approximate surface area is 174 Å². The molecular weight excluding hydrogens is 396 g/mol. The van der Waals surface area contributed by atoms with Gasteiger partial charge >= 0.3 is 6.03 Å². The van der Waals surface area contributed by atoms with Gasteiger partial charge in [-0.05, 0) is 74.5 Å². The summed E-state index contributed by atoms with van der Waals surface area (Å²) in [5.74, 6) is 0. The molecule has 1 aromatic heterocycles. The van der Waals surface area contributed by atoms with E-state index in [1.165, 1.54) is 20.0 Å². The van der Waals surface area contributed by atoms with Crippen LogP contribution in [0.3, 0.4) is 0 Å². The van der Waals surface area contributed by atoms with Crippen LogP contribution < -0.4 is 10.5 Å². The number of nitrogens with one attached hydrogen (secondary N) is 1. The lowest BCUT2D eigenvalue weighted by atomic mass is 9.99. The number of carbonyl (C=O) groups excluding carboxylic acids is 1. The van der Waals surface area contributed by atoms with E-state index in [9.17, 15) is 14.1 Å². The molecule has 0 saturated heterocycles. The molecule has 0 radical (unpaired) electrons. The lowest BCUT2D eigenvalue weighted by Gasteiger charge is -2.15. The highest BCUT2D eigenvalue weighted by Gasteiger charge is 2.26. The lowest BCUT2D eigenvalue weighted by molar-refractivity contribution is 0.0783. The van der Waals surface area contributed by atoms with E-state index in [0.29, 0.717) is 40.8 Å². The van der Waals surface area contributed by atoms with Gasteiger partial charge < -0.3 is 10.4 Å². The first-order chi connectivity index (χ1) is 14.6. The van der Waals surface area contributed by atoms with Crippen molar-refractivity contribution in [1.29, 1.82) is 0 Å². The van der Waals surface area contributed by atoms with Crippen LogP contribution in [-0.2, 0) is 41.1 Å². The van der Waals surface area contributed by atoms with E-state index in [4.69, 9.17) is 10.6 Å². The molecule has 2 amide bonds. The number of aryl methyl sites for hydroxylation is 2. The minimum atomic E-state index is -3.63. The first kappa shape index (κ1) is 15.1. The fourth-order valence-electron chi connectivity index (χ4n) is 3.38. The topological polar surface area (TPSA) is 118 Å². The van der Waals surface area contributed by atoms with Crippen LogP contribution in [0, 0.1) is 0 Å². The number of hydrogen-bond donors (Lipinski definition) is 3. The highest BCUT2D eigenvalue weighted by atomic mass is 32.2. The highest BCUT2D eigenvalue weighted by molar-refractivity contribution is 7.93. The zero-order valence-corrected chi connectivity index (χ0v) is 17.2. The number of urea groups is 1. The van der Waals surface area contributed by atoms with Crippen LogP contribution in [0.2, 0.25) is 0 Å². The standard InChI is InChI=1S/C19H24N4O3S2/c1-19(2,25)17-21-10-15(27-17)28(20,26)23-18(24)22-16-13-7-3-5-11(13)9-12-6-4-8-14(12)16/h9-10,25H,3-8H2,1-2H3,(H3,20,22,23,24,26)/t28-/m1/s1/i5D2,6D2. The van der Waals surface area contributed by atoms with Gasteiger partial charge in [-0.25, -0.2) is 19.1 Å². The third kappa shape index (κ3) is 3.59. The molecule has 150 valence electrons. The first-order valence-electron chi connectivity index (χ1n) is 10.9. The van der Waals surface area contributed by atoms with E-state index in [-0.39, 0.29) is 22.1 Å². The maximum Gasteiger partial charge on any atom is 0.354 e. The van der Waals surface area contributed by atoms with Crippen LogP contribution in [0.1, 0.15) is 59.4 Å². The van der Waals surface area contributed by atoms with E-state index in [0.717, 1.165) is 11.3 Å². The third-order valence-electron chi connectivity index (χ3n) is 4.67. The zero-order chi connectivity index (χ0) is 23.7. The van der Waals surface area contributed by atoms with Gasteiger partial charge in [-0.3, -0.25) is 0 Å². The Bertz CT molecular complexity index is 1200. The minimum absolute atomic E-state index is 0.0426. The number of carbonyl (C=O) groups is 1. The second-order valence-corrected chi connectivity index (χ2v) is 10.3. The number of rotatable bonds is 3. The number of anilines is 1. The average molecular weight is 425 g/mol. The molecule has 0 unspecified atom stereocenters. The van der Waals surface area contributed by atoms with Gasteiger partial charge in [0.05, 0.1) is 6.20 Å². The summed E-state index contributed by atoms with van der Waals surface area (Å²) in [6.07, 6.45) is -0.816. The fraction of sp³-hybridized carbons (Fsp3) is 0.474. The van der Waals surface area contributed by atoms with Crippen molar-refractivity contribution >= 4 is 33.0 Å². The predicted octanol–water partition coefficient (Wildman–Crippen LogP) is 3.28. The monoisotopic (exact) mass is 424 g/mol. The number of aromatic nitrogens is 1. The van der Waals surface area contributed by atoms with Crippen molar-refractivity contribution in [3.05, 3.63) is 39.5 Å². The second-order valence-electron chi connectivity index (χ2n) is 7.29. The molecule has 1 atom stereocenters. The van der Waals surface area contributed by atoms with Crippen LogP contribution in [0.25, 0.3) is 0 Å². The molecule has 2 aliphatic carbocycles. The summed E-state index contributed by atoms with van der Waals surface area (Å²) in [6.45, 7) is 3.04. The van der Waals surface area contributed by atoms with Gasteiger partial charge in [-0.1, -0.05) is 6.07 Å². The summed E-state index contributed by atoms with van der Waals surface area (Å²) in [5.41, 5.74) is 1.03.